The molecule has 2 heteroatoms. The number of rotatable bonds is 8. The Morgan fingerprint density at radius 1 is 1.31 bits per heavy atom. The molecule has 0 rings (SSSR count). The van der Waals surface area contributed by atoms with Crippen molar-refractivity contribution in [2.75, 3.05) is 18.6 Å². The van der Waals surface area contributed by atoms with Crippen LogP contribution in [0.4, 0.5) is 0 Å². The second kappa shape index (κ2) is 8.89. The van der Waals surface area contributed by atoms with E-state index in [4.69, 9.17) is 0 Å². The molecule has 0 aliphatic rings. The highest BCUT2D eigenvalue weighted by Crippen LogP contribution is 2.14. The van der Waals surface area contributed by atoms with Gasteiger partial charge in [-0.15, -0.1) is 0 Å². The molecule has 0 aromatic heterocycles. The fraction of sp³-hybridized carbons (Fsp3) is 1.00. The largest absolute Gasteiger partial charge is 0.316 e. The molecular weight excluding hydrogens is 178 g/mol. The monoisotopic (exact) mass is 203 g/mol. The summed E-state index contributed by atoms with van der Waals surface area (Å²) in [5.41, 5.74) is 0. The van der Waals surface area contributed by atoms with Crippen molar-refractivity contribution in [3.8, 4) is 0 Å². The molecule has 13 heavy (non-hydrogen) atoms. The summed E-state index contributed by atoms with van der Waals surface area (Å²) >= 11 is 2.09. The average Bonchev–Trinajstić information content (AvgIpc) is 2.17. The van der Waals surface area contributed by atoms with Crippen LogP contribution in [0.15, 0.2) is 0 Å². The first-order chi connectivity index (χ1) is 6.26. The number of hydrogen-bond donors (Lipinski definition) is 1. The van der Waals surface area contributed by atoms with Gasteiger partial charge in [0.2, 0.25) is 0 Å². The third-order valence-electron chi connectivity index (χ3n) is 2.64. The molecule has 0 bridgehead atoms. The molecule has 0 aromatic carbocycles. The third-order valence-corrected chi connectivity index (χ3v) is 3.81. The van der Waals surface area contributed by atoms with Crippen molar-refractivity contribution in [1.82, 2.24) is 5.32 Å². The predicted molar refractivity (Wildman–Crippen MR) is 64.5 cm³/mol. The molecule has 0 aliphatic carbocycles. The molecule has 0 saturated carbocycles. The zero-order chi connectivity index (χ0) is 10.1. The molecule has 0 radical (unpaired) electrons. The van der Waals surface area contributed by atoms with Gasteiger partial charge in [0.05, 0.1) is 0 Å². The molecular formula is C11H25NS. The molecule has 2 unspecified atom stereocenters. The predicted octanol–water partition coefficient (Wildman–Crippen LogP) is 3.15. The SMILES string of the molecule is CCCCSCC(NC)C(C)CC. The van der Waals surface area contributed by atoms with Crippen LogP contribution in [0.2, 0.25) is 0 Å². The van der Waals surface area contributed by atoms with Crippen LogP contribution in [0.5, 0.6) is 0 Å². The Labute approximate surface area is 88.1 Å². The Kier molecular flexibility index (Phi) is 9.10. The molecule has 0 amide bonds. The highest BCUT2D eigenvalue weighted by atomic mass is 32.2. The summed E-state index contributed by atoms with van der Waals surface area (Å²) in [6.45, 7) is 6.86. The smallest absolute Gasteiger partial charge is 0.0180 e. The van der Waals surface area contributed by atoms with Crippen LogP contribution in [0, 0.1) is 5.92 Å². The van der Waals surface area contributed by atoms with E-state index in [2.05, 4.69) is 44.9 Å². The van der Waals surface area contributed by atoms with E-state index in [0.717, 1.165) is 5.92 Å². The molecule has 80 valence electrons. The van der Waals surface area contributed by atoms with Crippen molar-refractivity contribution >= 4 is 11.8 Å². The Morgan fingerprint density at radius 2 is 2.00 bits per heavy atom. The molecule has 1 N–H and O–H groups in total. The second-order valence-corrected chi connectivity index (χ2v) is 4.86. The van der Waals surface area contributed by atoms with Gasteiger partial charge < -0.3 is 5.32 Å². The van der Waals surface area contributed by atoms with Gasteiger partial charge in [0.1, 0.15) is 0 Å². The first kappa shape index (κ1) is 13.3. The minimum atomic E-state index is 0.701. The van der Waals surface area contributed by atoms with Crippen molar-refractivity contribution in [3.63, 3.8) is 0 Å². The van der Waals surface area contributed by atoms with Crippen LogP contribution in [0.3, 0.4) is 0 Å². The lowest BCUT2D eigenvalue weighted by atomic mass is 10.0. The highest BCUT2D eigenvalue weighted by Gasteiger charge is 2.12. The molecule has 1 nitrogen and oxygen atoms in total. The summed E-state index contributed by atoms with van der Waals surface area (Å²) in [5.74, 6) is 3.40. The Morgan fingerprint density at radius 3 is 2.46 bits per heavy atom. The molecule has 0 spiro atoms. The van der Waals surface area contributed by atoms with Gasteiger partial charge in [-0.05, 0) is 25.1 Å². The van der Waals surface area contributed by atoms with E-state index < -0.39 is 0 Å². The first-order valence-corrected chi connectivity index (χ1v) is 6.66. The fourth-order valence-corrected chi connectivity index (χ4v) is 2.68. The average molecular weight is 203 g/mol. The highest BCUT2D eigenvalue weighted by molar-refractivity contribution is 7.99. The maximum absolute atomic E-state index is 3.41. The second-order valence-electron chi connectivity index (χ2n) is 3.71. The van der Waals surface area contributed by atoms with Crippen LogP contribution in [0.25, 0.3) is 0 Å². The van der Waals surface area contributed by atoms with E-state index in [-0.39, 0.29) is 0 Å². The molecule has 2 atom stereocenters. The van der Waals surface area contributed by atoms with Crippen molar-refractivity contribution in [3.05, 3.63) is 0 Å². The maximum atomic E-state index is 3.41. The van der Waals surface area contributed by atoms with Gasteiger partial charge in [0.15, 0.2) is 0 Å². The van der Waals surface area contributed by atoms with Gasteiger partial charge in [-0.25, -0.2) is 0 Å². The standard InChI is InChI=1S/C11H25NS/c1-5-7-8-13-9-11(12-4)10(3)6-2/h10-12H,5-9H2,1-4H3. The van der Waals surface area contributed by atoms with Crippen LogP contribution in [-0.2, 0) is 0 Å². The molecule has 0 heterocycles. The maximum Gasteiger partial charge on any atom is 0.0180 e. The summed E-state index contributed by atoms with van der Waals surface area (Å²) in [5, 5.41) is 3.41. The zero-order valence-electron chi connectivity index (χ0n) is 9.60. The zero-order valence-corrected chi connectivity index (χ0v) is 10.4. The van der Waals surface area contributed by atoms with Gasteiger partial charge in [0.25, 0.3) is 0 Å². The van der Waals surface area contributed by atoms with Gasteiger partial charge in [-0.3, -0.25) is 0 Å². The summed E-state index contributed by atoms with van der Waals surface area (Å²) in [4.78, 5) is 0. The van der Waals surface area contributed by atoms with E-state index in [9.17, 15) is 0 Å². The lowest BCUT2D eigenvalue weighted by Crippen LogP contribution is -2.34. The van der Waals surface area contributed by atoms with Gasteiger partial charge >= 0.3 is 0 Å². The Balaban J connectivity index is 3.47. The van der Waals surface area contributed by atoms with E-state index >= 15 is 0 Å². The summed E-state index contributed by atoms with van der Waals surface area (Å²) in [6.07, 6.45) is 3.96. The van der Waals surface area contributed by atoms with Gasteiger partial charge in [-0.2, -0.15) is 11.8 Å². The van der Waals surface area contributed by atoms with E-state index in [1.165, 1.54) is 30.8 Å². The number of thioether (sulfide) groups is 1. The number of unbranched alkanes of at least 4 members (excludes halogenated alkanes) is 1. The van der Waals surface area contributed by atoms with Crippen molar-refractivity contribution < 1.29 is 0 Å². The van der Waals surface area contributed by atoms with Crippen LogP contribution in [0.1, 0.15) is 40.0 Å². The fourth-order valence-electron chi connectivity index (χ4n) is 1.27. The van der Waals surface area contributed by atoms with Crippen molar-refractivity contribution in [2.45, 2.75) is 46.1 Å². The number of hydrogen-bond acceptors (Lipinski definition) is 2. The van der Waals surface area contributed by atoms with Crippen LogP contribution < -0.4 is 5.32 Å². The van der Waals surface area contributed by atoms with Crippen LogP contribution in [-0.4, -0.2) is 24.6 Å². The first-order valence-electron chi connectivity index (χ1n) is 5.51. The molecule has 0 saturated heterocycles. The van der Waals surface area contributed by atoms with E-state index in [1.807, 2.05) is 0 Å². The molecule has 0 aliphatic heterocycles. The van der Waals surface area contributed by atoms with Crippen LogP contribution >= 0.6 is 11.8 Å². The van der Waals surface area contributed by atoms with Crippen molar-refractivity contribution in [1.29, 1.82) is 0 Å². The number of nitrogens with one attached hydrogen (secondary N) is 1. The third kappa shape index (κ3) is 6.39. The van der Waals surface area contributed by atoms with E-state index in [0.29, 0.717) is 6.04 Å². The van der Waals surface area contributed by atoms with Gasteiger partial charge in [0, 0.05) is 11.8 Å². The summed E-state index contributed by atoms with van der Waals surface area (Å²) < 4.78 is 0. The molecule has 0 aromatic rings. The molecule has 0 fully saturated rings. The minimum absolute atomic E-state index is 0.701. The quantitative estimate of drug-likeness (QED) is 0.608. The topological polar surface area (TPSA) is 12.0 Å². The summed E-state index contributed by atoms with van der Waals surface area (Å²) in [7, 11) is 2.08. The Bertz CT molecular complexity index is 106. The minimum Gasteiger partial charge on any atom is -0.316 e. The van der Waals surface area contributed by atoms with E-state index in [1.54, 1.807) is 0 Å². The normalized spacial score (nSPS) is 15.7. The Hall–Kier alpha value is 0.310. The van der Waals surface area contributed by atoms with Crippen molar-refractivity contribution in [2.24, 2.45) is 5.92 Å². The van der Waals surface area contributed by atoms with Gasteiger partial charge in [-0.1, -0.05) is 33.6 Å². The summed E-state index contributed by atoms with van der Waals surface area (Å²) in [6, 6.07) is 0.701. The lowest BCUT2D eigenvalue weighted by molar-refractivity contribution is 0.420. The lowest BCUT2D eigenvalue weighted by Gasteiger charge is -2.21.